The van der Waals surface area contributed by atoms with Gasteiger partial charge in [-0.15, -0.1) is 0 Å². The van der Waals surface area contributed by atoms with Crippen LogP contribution < -0.4 is 0 Å². The van der Waals surface area contributed by atoms with E-state index in [4.69, 9.17) is 0 Å². The molecule has 4 heteroatoms. The number of thioether (sulfide) groups is 2. The van der Waals surface area contributed by atoms with Gasteiger partial charge in [0, 0.05) is 22.0 Å². The molecule has 0 bridgehead atoms. The summed E-state index contributed by atoms with van der Waals surface area (Å²) in [5, 5.41) is 1.07. The molecule has 0 saturated carbocycles. The van der Waals surface area contributed by atoms with Gasteiger partial charge in [0.05, 0.1) is 0 Å². The van der Waals surface area contributed by atoms with E-state index in [2.05, 4.69) is 46.0 Å². The van der Waals surface area contributed by atoms with Crippen molar-refractivity contribution >= 4 is 48.8 Å². The highest BCUT2D eigenvalue weighted by Crippen LogP contribution is 2.18. The van der Waals surface area contributed by atoms with Gasteiger partial charge in [0.1, 0.15) is 0 Å². The molecule has 3 atom stereocenters. The van der Waals surface area contributed by atoms with Crippen LogP contribution in [0.5, 0.6) is 0 Å². The summed E-state index contributed by atoms with van der Waals surface area (Å²) in [6.07, 6.45) is 4.13. The Morgan fingerprint density at radius 3 is 2.00 bits per heavy atom. The maximum absolute atomic E-state index is 4.40. The van der Waals surface area contributed by atoms with Gasteiger partial charge in [-0.3, -0.25) is 0 Å². The van der Waals surface area contributed by atoms with Crippen LogP contribution in [0.15, 0.2) is 0 Å². The van der Waals surface area contributed by atoms with E-state index >= 15 is 0 Å². The maximum Gasteiger partial charge on any atom is 0.00791 e. The fourth-order valence-electron chi connectivity index (χ4n) is 1.47. The smallest absolute Gasteiger partial charge is 0.00791 e. The maximum atomic E-state index is 4.40. The number of rotatable bonds is 11. The molecule has 104 valence electrons. The third kappa shape index (κ3) is 15.3. The molecule has 0 aromatic carbocycles. The van der Waals surface area contributed by atoms with E-state index in [-0.39, 0.29) is 0 Å². The molecular weight excluding hydrogens is 284 g/mol. The molecule has 17 heavy (non-hydrogen) atoms. The second-order valence-electron chi connectivity index (χ2n) is 4.91. The van der Waals surface area contributed by atoms with Crippen molar-refractivity contribution in [3.63, 3.8) is 0 Å². The van der Waals surface area contributed by atoms with Crippen molar-refractivity contribution in [2.45, 2.75) is 50.5 Å². The second-order valence-corrected chi connectivity index (χ2v) is 8.90. The van der Waals surface area contributed by atoms with Crippen molar-refractivity contribution in [3.05, 3.63) is 0 Å². The zero-order valence-corrected chi connectivity index (χ0v) is 14.8. The molecule has 0 rings (SSSR count). The monoisotopic (exact) mass is 312 g/mol. The first-order valence-corrected chi connectivity index (χ1v) is 9.88. The van der Waals surface area contributed by atoms with Gasteiger partial charge < -0.3 is 0 Å². The minimum atomic E-state index is 0.534. The van der Waals surface area contributed by atoms with E-state index in [1.807, 2.05) is 23.5 Å². The fraction of sp³-hybridized carbons (Fsp3) is 1.00. The van der Waals surface area contributed by atoms with Gasteiger partial charge in [-0.1, -0.05) is 27.2 Å². The molecule has 0 aliphatic heterocycles. The van der Waals surface area contributed by atoms with Crippen LogP contribution in [-0.4, -0.2) is 33.5 Å². The Morgan fingerprint density at radius 1 is 0.824 bits per heavy atom. The standard InChI is InChI=1S/C13H28S4/c1-11(8-17-10-13(3)15)6-4-5-7-16-9-12(2)14/h11-15H,4-10H2,1-3H3. The second kappa shape index (κ2) is 12.4. The highest BCUT2D eigenvalue weighted by Gasteiger charge is 2.03. The molecule has 0 amide bonds. The van der Waals surface area contributed by atoms with Crippen molar-refractivity contribution in [2.75, 3.05) is 23.0 Å². The summed E-state index contributed by atoms with van der Waals surface area (Å²) >= 11 is 12.9. The van der Waals surface area contributed by atoms with Crippen LogP contribution in [0.3, 0.4) is 0 Å². The largest absolute Gasteiger partial charge is 0.175 e. The molecule has 0 aromatic rings. The lowest BCUT2D eigenvalue weighted by Crippen LogP contribution is -2.03. The van der Waals surface area contributed by atoms with Gasteiger partial charge in [0.15, 0.2) is 0 Å². The molecule has 0 nitrogen and oxygen atoms in total. The highest BCUT2D eigenvalue weighted by molar-refractivity contribution is 8.00. The third-order valence-electron chi connectivity index (χ3n) is 2.36. The number of hydrogen-bond donors (Lipinski definition) is 2. The molecule has 0 fully saturated rings. The topological polar surface area (TPSA) is 0 Å². The predicted octanol–water partition coefficient (Wildman–Crippen LogP) is 4.90. The first-order chi connectivity index (χ1) is 8.02. The van der Waals surface area contributed by atoms with E-state index in [9.17, 15) is 0 Å². The molecule has 3 unspecified atom stereocenters. The molecule has 0 spiro atoms. The van der Waals surface area contributed by atoms with Gasteiger partial charge in [-0.2, -0.15) is 48.8 Å². The number of hydrogen-bond acceptors (Lipinski definition) is 4. The van der Waals surface area contributed by atoms with Gasteiger partial charge >= 0.3 is 0 Å². The summed E-state index contributed by atoms with van der Waals surface area (Å²) in [5.74, 6) is 5.84. The number of thiol groups is 2. The molecule has 0 aromatic heterocycles. The van der Waals surface area contributed by atoms with E-state index < -0.39 is 0 Å². The Morgan fingerprint density at radius 2 is 1.41 bits per heavy atom. The van der Waals surface area contributed by atoms with Crippen LogP contribution in [0.1, 0.15) is 40.0 Å². The van der Waals surface area contributed by atoms with Gasteiger partial charge in [-0.25, -0.2) is 0 Å². The summed E-state index contributed by atoms with van der Waals surface area (Å²) < 4.78 is 0. The van der Waals surface area contributed by atoms with E-state index in [0.29, 0.717) is 10.5 Å². The molecular formula is C13H28S4. The fourth-order valence-corrected chi connectivity index (χ4v) is 4.07. The molecule has 0 saturated heterocycles. The highest BCUT2D eigenvalue weighted by atomic mass is 32.2. The van der Waals surface area contributed by atoms with Crippen LogP contribution in [0.2, 0.25) is 0 Å². The average Bonchev–Trinajstić information content (AvgIpc) is 2.22. The van der Waals surface area contributed by atoms with Crippen LogP contribution in [0.25, 0.3) is 0 Å². The normalized spacial score (nSPS) is 16.8. The lowest BCUT2D eigenvalue weighted by Gasteiger charge is -2.11. The SMILES string of the molecule is CC(S)CSCCCCC(C)CSCC(C)S. The minimum absolute atomic E-state index is 0.534. The Labute approximate surface area is 128 Å². The zero-order chi connectivity index (χ0) is 13.1. The van der Waals surface area contributed by atoms with Gasteiger partial charge in [0.25, 0.3) is 0 Å². The van der Waals surface area contributed by atoms with Crippen molar-refractivity contribution in [2.24, 2.45) is 5.92 Å². The third-order valence-corrected chi connectivity index (χ3v) is 6.07. The lowest BCUT2D eigenvalue weighted by molar-refractivity contribution is 0.559. The summed E-state index contributed by atoms with van der Waals surface area (Å²) in [6.45, 7) is 6.71. The van der Waals surface area contributed by atoms with Crippen molar-refractivity contribution in [3.8, 4) is 0 Å². The van der Waals surface area contributed by atoms with Crippen LogP contribution >= 0.6 is 48.8 Å². The Bertz CT molecular complexity index is 159. The zero-order valence-electron chi connectivity index (χ0n) is 11.4. The minimum Gasteiger partial charge on any atom is -0.175 e. The van der Waals surface area contributed by atoms with Crippen molar-refractivity contribution in [1.82, 2.24) is 0 Å². The Balaban J connectivity index is 3.19. The Kier molecular flexibility index (Phi) is 13.5. The molecule has 0 aliphatic rings. The van der Waals surface area contributed by atoms with Crippen molar-refractivity contribution < 1.29 is 0 Å². The first kappa shape index (κ1) is 18.4. The first-order valence-electron chi connectivity index (χ1n) is 6.54. The molecule has 0 N–H and O–H groups in total. The van der Waals surface area contributed by atoms with Crippen LogP contribution in [0.4, 0.5) is 0 Å². The average molecular weight is 313 g/mol. The lowest BCUT2D eigenvalue weighted by atomic mass is 10.1. The summed E-state index contributed by atoms with van der Waals surface area (Å²) in [4.78, 5) is 0. The molecule has 0 aliphatic carbocycles. The molecule has 0 heterocycles. The quantitative estimate of drug-likeness (QED) is 0.411. The number of unbranched alkanes of at least 4 members (excludes halogenated alkanes) is 1. The van der Waals surface area contributed by atoms with E-state index in [0.717, 1.165) is 5.92 Å². The summed E-state index contributed by atoms with van der Waals surface area (Å²) in [6, 6.07) is 0. The predicted molar refractivity (Wildman–Crippen MR) is 94.6 cm³/mol. The van der Waals surface area contributed by atoms with Gasteiger partial charge in [-0.05, 0) is 30.3 Å². The van der Waals surface area contributed by atoms with Crippen LogP contribution in [-0.2, 0) is 0 Å². The molecule has 0 radical (unpaired) electrons. The van der Waals surface area contributed by atoms with Crippen LogP contribution in [0, 0.1) is 5.92 Å². The van der Waals surface area contributed by atoms with E-state index in [1.165, 1.54) is 42.3 Å². The Hall–Kier alpha value is 1.40. The summed E-state index contributed by atoms with van der Waals surface area (Å²) in [7, 11) is 0. The van der Waals surface area contributed by atoms with Gasteiger partial charge in [0.2, 0.25) is 0 Å². The summed E-state index contributed by atoms with van der Waals surface area (Å²) in [5.41, 5.74) is 0. The van der Waals surface area contributed by atoms with Crippen molar-refractivity contribution in [1.29, 1.82) is 0 Å². The van der Waals surface area contributed by atoms with E-state index in [1.54, 1.807) is 0 Å².